The summed E-state index contributed by atoms with van der Waals surface area (Å²) in [6.07, 6.45) is 0.786. The van der Waals surface area contributed by atoms with Crippen LogP contribution in [0.3, 0.4) is 0 Å². The van der Waals surface area contributed by atoms with Crippen LogP contribution in [0.1, 0.15) is 17.2 Å². The molecule has 6 nitrogen and oxygen atoms in total. The highest BCUT2D eigenvalue weighted by Crippen LogP contribution is 2.36. The zero-order chi connectivity index (χ0) is 12.5. The number of rotatable bonds is 3. The molecule has 0 aromatic heterocycles. The van der Waals surface area contributed by atoms with E-state index < -0.39 is 22.3 Å². The summed E-state index contributed by atoms with van der Waals surface area (Å²) in [4.78, 5) is 2.75. The topological polar surface area (TPSA) is 92.1 Å². The van der Waals surface area contributed by atoms with Gasteiger partial charge in [0.2, 0.25) is 0 Å². The van der Waals surface area contributed by atoms with Crippen LogP contribution in [-0.2, 0) is 20.7 Å². The first-order valence-electron chi connectivity index (χ1n) is 5.01. The number of hydrogen-bond acceptors (Lipinski definition) is 4. The predicted octanol–water partition coefficient (Wildman–Crippen LogP) is 1.94. The van der Waals surface area contributed by atoms with Crippen LogP contribution < -0.4 is 0 Å². The van der Waals surface area contributed by atoms with E-state index in [-0.39, 0.29) is 0 Å². The maximum absolute atomic E-state index is 11.1. The number of nitrogens with zero attached hydrogens (tertiary/aromatic N) is 3. The van der Waals surface area contributed by atoms with E-state index in [1.807, 2.05) is 24.3 Å². The molecule has 2 atom stereocenters. The van der Waals surface area contributed by atoms with Crippen molar-refractivity contribution in [1.29, 1.82) is 0 Å². The second-order valence-electron chi connectivity index (χ2n) is 3.89. The van der Waals surface area contributed by atoms with Crippen molar-refractivity contribution in [3.63, 3.8) is 0 Å². The minimum atomic E-state index is -3.56. The average molecular weight is 253 g/mol. The Kier molecular flexibility index (Phi) is 3.06. The van der Waals surface area contributed by atoms with E-state index in [0.29, 0.717) is 6.42 Å². The fourth-order valence-electron chi connectivity index (χ4n) is 2.04. The maximum atomic E-state index is 11.1. The van der Waals surface area contributed by atoms with E-state index in [2.05, 4.69) is 10.0 Å². The molecule has 0 aliphatic heterocycles. The summed E-state index contributed by atoms with van der Waals surface area (Å²) in [5.41, 5.74) is 10.3. The molecule has 0 N–H and O–H groups in total. The lowest BCUT2D eigenvalue weighted by Crippen LogP contribution is -2.20. The zero-order valence-corrected chi connectivity index (χ0v) is 9.96. The molecule has 2 unspecified atom stereocenters. The van der Waals surface area contributed by atoms with Crippen LogP contribution in [0.15, 0.2) is 29.4 Å². The molecule has 1 aromatic rings. The molecule has 0 amide bonds. The third-order valence-electron chi connectivity index (χ3n) is 2.62. The highest BCUT2D eigenvalue weighted by Gasteiger charge is 2.34. The van der Waals surface area contributed by atoms with Gasteiger partial charge >= 0.3 is 0 Å². The molecule has 17 heavy (non-hydrogen) atoms. The average Bonchev–Trinajstić information content (AvgIpc) is 2.55. The predicted molar refractivity (Wildman–Crippen MR) is 61.7 cm³/mol. The Morgan fingerprint density at radius 1 is 1.47 bits per heavy atom. The Balaban J connectivity index is 2.36. The molecule has 0 bridgehead atoms. The SMILES string of the molecule is CS(=O)(=O)OC1Cc2ccccc2C1N=[N+]=[N-]. The molecular weight excluding hydrogens is 242 g/mol. The third kappa shape index (κ3) is 2.58. The Hall–Kier alpha value is -1.56. The number of hydrogen-bond donors (Lipinski definition) is 0. The van der Waals surface area contributed by atoms with Crippen molar-refractivity contribution in [2.24, 2.45) is 5.11 Å². The van der Waals surface area contributed by atoms with Crippen molar-refractivity contribution >= 4 is 10.1 Å². The van der Waals surface area contributed by atoms with Crippen molar-refractivity contribution in [3.8, 4) is 0 Å². The van der Waals surface area contributed by atoms with Crippen LogP contribution >= 0.6 is 0 Å². The molecular formula is C10H11N3O3S. The second-order valence-corrected chi connectivity index (χ2v) is 5.49. The summed E-state index contributed by atoms with van der Waals surface area (Å²) in [6.45, 7) is 0. The number of benzene rings is 1. The largest absolute Gasteiger partial charge is 0.266 e. The van der Waals surface area contributed by atoms with Gasteiger partial charge in [0, 0.05) is 11.3 Å². The van der Waals surface area contributed by atoms with Crippen molar-refractivity contribution in [2.45, 2.75) is 18.6 Å². The first kappa shape index (κ1) is 11.9. The lowest BCUT2D eigenvalue weighted by atomic mass is 10.1. The van der Waals surface area contributed by atoms with E-state index in [1.54, 1.807) is 0 Å². The summed E-state index contributed by atoms with van der Waals surface area (Å²) in [7, 11) is -3.56. The van der Waals surface area contributed by atoms with Gasteiger partial charge in [0.25, 0.3) is 10.1 Å². The molecule has 1 aliphatic rings. The summed E-state index contributed by atoms with van der Waals surface area (Å²) in [5, 5.41) is 3.62. The van der Waals surface area contributed by atoms with Gasteiger partial charge in [-0.2, -0.15) is 8.42 Å². The minimum absolute atomic E-state index is 0.437. The summed E-state index contributed by atoms with van der Waals surface area (Å²) in [5.74, 6) is 0. The summed E-state index contributed by atoms with van der Waals surface area (Å²) < 4.78 is 27.2. The van der Waals surface area contributed by atoms with Crippen LogP contribution in [0.5, 0.6) is 0 Å². The Bertz CT molecular complexity index is 578. The van der Waals surface area contributed by atoms with Crippen LogP contribution in [0, 0.1) is 0 Å². The van der Waals surface area contributed by atoms with Crippen LogP contribution in [0.4, 0.5) is 0 Å². The first-order chi connectivity index (χ1) is 8.01. The molecule has 0 radical (unpaired) electrons. The lowest BCUT2D eigenvalue weighted by Gasteiger charge is -2.14. The Labute approximate surface area is 99.0 Å². The third-order valence-corrected chi connectivity index (χ3v) is 3.22. The minimum Gasteiger partial charge on any atom is -0.266 e. The highest BCUT2D eigenvalue weighted by atomic mass is 32.2. The quantitative estimate of drug-likeness (QED) is 0.356. The van der Waals surface area contributed by atoms with Crippen molar-refractivity contribution in [3.05, 3.63) is 45.8 Å². The van der Waals surface area contributed by atoms with Gasteiger partial charge in [-0.1, -0.05) is 29.4 Å². The van der Waals surface area contributed by atoms with Gasteiger partial charge in [0.15, 0.2) is 0 Å². The summed E-state index contributed by atoms with van der Waals surface area (Å²) in [6, 6.07) is 6.79. The van der Waals surface area contributed by atoms with Gasteiger partial charge in [0.05, 0.1) is 18.4 Å². The van der Waals surface area contributed by atoms with Crippen LogP contribution in [-0.4, -0.2) is 20.8 Å². The van der Waals surface area contributed by atoms with E-state index >= 15 is 0 Å². The first-order valence-corrected chi connectivity index (χ1v) is 6.83. The number of fused-ring (bicyclic) bond motifs is 1. The monoisotopic (exact) mass is 253 g/mol. The molecule has 1 aromatic carbocycles. The molecule has 0 saturated heterocycles. The summed E-state index contributed by atoms with van der Waals surface area (Å²) >= 11 is 0. The van der Waals surface area contributed by atoms with Gasteiger partial charge in [-0.25, -0.2) is 0 Å². The second kappa shape index (κ2) is 4.37. The molecule has 7 heteroatoms. The highest BCUT2D eigenvalue weighted by molar-refractivity contribution is 7.86. The van der Waals surface area contributed by atoms with Gasteiger partial charge in [-0.3, -0.25) is 4.18 Å². The molecule has 2 rings (SSSR count). The fourth-order valence-corrected chi connectivity index (χ4v) is 2.66. The molecule has 1 aliphatic carbocycles. The fraction of sp³-hybridized carbons (Fsp3) is 0.400. The molecule has 0 heterocycles. The molecule has 0 saturated carbocycles. The van der Waals surface area contributed by atoms with Crippen molar-refractivity contribution < 1.29 is 12.6 Å². The van der Waals surface area contributed by atoms with Gasteiger partial charge in [0.1, 0.15) is 0 Å². The number of azide groups is 1. The van der Waals surface area contributed by atoms with Crippen molar-refractivity contribution in [1.82, 2.24) is 0 Å². The zero-order valence-electron chi connectivity index (χ0n) is 9.15. The van der Waals surface area contributed by atoms with E-state index in [4.69, 9.17) is 9.71 Å². The molecule has 0 fully saturated rings. The normalized spacial score (nSPS) is 22.9. The van der Waals surface area contributed by atoms with E-state index in [9.17, 15) is 8.42 Å². The van der Waals surface area contributed by atoms with Crippen LogP contribution in [0.25, 0.3) is 10.4 Å². The van der Waals surface area contributed by atoms with Gasteiger partial charge < -0.3 is 0 Å². The van der Waals surface area contributed by atoms with Crippen molar-refractivity contribution in [2.75, 3.05) is 6.26 Å². The van der Waals surface area contributed by atoms with Crippen LogP contribution in [0.2, 0.25) is 0 Å². The maximum Gasteiger partial charge on any atom is 0.264 e. The van der Waals surface area contributed by atoms with E-state index in [1.165, 1.54) is 0 Å². The van der Waals surface area contributed by atoms with E-state index in [0.717, 1.165) is 17.4 Å². The Morgan fingerprint density at radius 3 is 2.82 bits per heavy atom. The van der Waals surface area contributed by atoms with Gasteiger partial charge in [-0.15, -0.1) is 0 Å². The molecule has 90 valence electrons. The standard InChI is InChI=1S/C10H11N3O3S/c1-17(14,15)16-9-6-7-4-2-3-5-8(7)10(9)12-13-11/h2-5,9-10H,6H2,1H3. The smallest absolute Gasteiger partial charge is 0.264 e. The Morgan fingerprint density at radius 2 is 2.18 bits per heavy atom. The lowest BCUT2D eigenvalue weighted by molar-refractivity contribution is 0.194. The van der Waals surface area contributed by atoms with Gasteiger partial charge in [-0.05, 0) is 16.7 Å². The molecule has 0 spiro atoms.